The number of fused-ring (bicyclic) bond motifs is 1. The quantitative estimate of drug-likeness (QED) is 0.620. The number of pyridine rings is 1. The summed E-state index contributed by atoms with van der Waals surface area (Å²) in [5.74, 6) is -0.108. The average Bonchev–Trinajstić information content (AvgIpc) is 3.28. The van der Waals surface area contributed by atoms with Gasteiger partial charge in [0.1, 0.15) is 16.7 Å². The van der Waals surface area contributed by atoms with Gasteiger partial charge in [0.2, 0.25) is 11.6 Å². The van der Waals surface area contributed by atoms with Crippen molar-refractivity contribution in [2.45, 2.75) is 25.2 Å². The summed E-state index contributed by atoms with van der Waals surface area (Å²) in [5, 5.41) is 14.3. The molecule has 3 atom stereocenters. The molecule has 0 amide bonds. The Morgan fingerprint density at radius 3 is 2.88 bits per heavy atom. The Hall–Kier alpha value is -2.62. The van der Waals surface area contributed by atoms with E-state index in [9.17, 15) is 14.1 Å². The Labute approximate surface area is 193 Å². The molecule has 1 N–H and O–H groups in total. The molecule has 168 valence electrons. The van der Waals surface area contributed by atoms with Gasteiger partial charge < -0.3 is 9.84 Å². The number of rotatable bonds is 7. The van der Waals surface area contributed by atoms with Crippen LogP contribution >= 0.6 is 11.6 Å². The molecule has 3 heterocycles. The largest absolute Gasteiger partial charge is 0.481 e. The maximum absolute atomic E-state index is 13.1. The average molecular weight is 476 g/mol. The first-order chi connectivity index (χ1) is 15.4. The summed E-state index contributed by atoms with van der Waals surface area (Å²) in [6.07, 6.45) is 3.39. The lowest BCUT2D eigenvalue weighted by molar-refractivity contribution is -0.438. The minimum absolute atomic E-state index is 0.0889. The number of aromatic nitrogens is 1. The molecule has 0 saturated carbocycles. The number of nitrogens with zero attached hydrogens (tertiary/aromatic N) is 4. The number of hydrogen-bond donors (Lipinski definition) is 1. The van der Waals surface area contributed by atoms with Gasteiger partial charge in [0.05, 0.1) is 29.4 Å². The molecule has 32 heavy (non-hydrogen) atoms. The molecular weight excluding hydrogens is 452 g/mol. The molecule has 2 aromatic rings. The number of carboxylic acids is 1. The summed E-state index contributed by atoms with van der Waals surface area (Å²) < 4.78 is 22.1. The predicted molar refractivity (Wildman–Crippen MR) is 122 cm³/mol. The van der Waals surface area contributed by atoms with Gasteiger partial charge in [-0.25, -0.2) is 13.5 Å². The number of aliphatic carboxylic acids is 1. The first-order valence-electron chi connectivity index (χ1n) is 10.3. The minimum Gasteiger partial charge on any atom is -0.481 e. The van der Waals surface area contributed by atoms with E-state index in [1.807, 2.05) is 23.5 Å². The van der Waals surface area contributed by atoms with Crippen LogP contribution in [0.1, 0.15) is 25.8 Å². The van der Waals surface area contributed by atoms with Crippen LogP contribution in [-0.2, 0) is 15.8 Å². The van der Waals surface area contributed by atoms with Gasteiger partial charge in [-0.2, -0.15) is 0 Å². The number of benzene rings is 1. The van der Waals surface area contributed by atoms with E-state index in [1.54, 1.807) is 35.1 Å². The second-order valence-electron chi connectivity index (χ2n) is 7.77. The first kappa shape index (κ1) is 22.6. The van der Waals surface area contributed by atoms with Crippen LogP contribution in [0.15, 0.2) is 46.5 Å². The van der Waals surface area contributed by atoms with Crippen LogP contribution in [0.4, 0.5) is 5.69 Å². The third kappa shape index (κ3) is 4.74. The molecular formula is C22H24ClN4O4S+. The van der Waals surface area contributed by atoms with Crippen molar-refractivity contribution in [3.63, 3.8) is 0 Å². The zero-order valence-electron chi connectivity index (χ0n) is 17.8. The van der Waals surface area contributed by atoms with E-state index < -0.39 is 17.0 Å². The molecule has 4 rings (SSSR count). The molecule has 0 spiro atoms. The Morgan fingerprint density at radius 2 is 2.19 bits per heavy atom. The van der Waals surface area contributed by atoms with Crippen LogP contribution < -0.4 is 4.74 Å². The summed E-state index contributed by atoms with van der Waals surface area (Å²) in [6.45, 7) is 5.77. The minimum atomic E-state index is -1.33. The van der Waals surface area contributed by atoms with E-state index in [-0.39, 0.29) is 18.3 Å². The van der Waals surface area contributed by atoms with Crippen molar-refractivity contribution in [2.24, 2.45) is 16.9 Å². The summed E-state index contributed by atoms with van der Waals surface area (Å²) >= 11 is 6.12. The Kier molecular flexibility index (Phi) is 6.68. The highest BCUT2D eigenvalue weighted by Gasteiger charge is 2.37. The fourth-order valence-corrected chi connectivity index (χ4v) is 5.35. The topological polar surface area (TPSA) is 95.1 Å². The highest BCUT2D eigenvalue weighted by Crippen LogP contribution is 2.32. The molecule has 1 aromatic heterocycles. The molecule has 0 bridgehead atoms. The van der Waals surface area contributed by atoms with Crippen LogP contribution in [0, 0.1) is 11.8 Å². The van der Waals surface area contributed by atoms with Gasteiger partial charge in [0.15, 0.2) is 6.21 Å². The molecule has 0 radical (unpaired) electrons. The highest BCUT2D eigenvalue weighted by atomic mass is 35.5. The smallest absolute Gasteiger partial charge is 0.309 e. The molecule has 1 aromatic carbocycles. The molecule has 1 fully saturated rings. The van der Waals surface area contributed by atoms with E-state index in [4.69, 9.17) is 16.3 Å². The van der Waals surface area contributed by atoms with Crippen LogP contribution in [0.2, 0.25) is 5.02 Å². The Balaban J connectivity index is 1.54. The number of hydrazone groups is 1. The molecule has 1 saturated heterocycles. The maximum atomic E-state index is 13.1. The summed E-state index contributed by atoms with van der Waals surface area (Å²) in [4.78, 5) is 16.1. The number of hydrogen-bond acceptors (Lipinski definition) is 5. The zero-order valence-corrected chi connectivity index (χ0v) is 19.3. The van der Waals surface area contributed by atoms with Crippen molar-refractivity contribution in [3.05, 3.63) is 47.1 Å². The van der Waals surface area contributed by atoms with Crippen LogP contribution in [0.3, 0.4) is 0 Å². The van der Waals surface area contributed by atoms with E-state index in [0.29, 0.717) is 41.2 Å². The second-order valence-corrected chi connectivity index (χ2v) is 9.70. The number of carbonyl (C=O) groups is 1. The fraction of sp³-hybridized carbons (Fsp3) is 0.364. The summed E-state index contributed by atoms with van der Waals surface area (Å²) in [7, 11) is -1.33. The Morgan fingerprint density at radius 1 is 1.38 bits per heavy atom. The van der Waals surface area contributed by atoms with Gasteiger partial charge in [-0.05, 0) is 31.0 Å². The van der Waals surface area contributed by atoms with Crippen LogP contribution in [0.25, 0.3) is 0 Å². The van der Waals surface area contributed by atoms with Gasteiger partial charge >= 0.3 is 5.97 Å². The fourth-order valence-electron chi connectivity index (χ4n) is 3.87. The van der Waals surface area contributed by atoms with Crippen molar-refractivity contribution < 1.29 is 23.5 Å². The standard InChI is InChI=1S/C22H23ClN4O4S/c1-3-31-21-7-5-17(10-24-21)32(30)26-11-14(2)15(12-26)13-27-20-6-4-16(23)8-18(20)19(25-27)9-22(28)29/h4-8,10,13-15H,3,9,11-12H2,1-2H3/p+1/b27-13+/t14-,15?,32?/m1/s1. The lowest BCUT2D eigenvalue weighted by atomic mass is 9.99. The van der Waals surface area contributed by atoms with Crippen LogP contribution in [-0.4, -0.2) is 60.9 Å². The SMILES string of the molecule is CCOc1ccc(S(=O)N2CC(/C=[N+]3/N=C(CC(=O)O)c4cc(Cl)ccc43)[C@H](C)C2)cn1. The van der Waals surface area contributed by atoms with E-state index in [0.717, 1.165) is 11.3 Å². The molecule has 0 aliphatic carbocycles. The first-order valence-corrected chi connectivity index (χ1v) is 11.8. The summed E-state index contributed by atoms with van der Waals surface area (Å²) in [6, 6.07) is 8.85. The number of carboxylic acid groups (broad SMARTS) is 1. The van der Waals surface area contributed by atoms with E-state index >= 15 is 0 Å². The summed E-state index contributed by atoms with van der Waals surface area (Å²) in [5.41, 5.74) is 1.99. The number of ether oxygens (including phenoxy) is 1. The third-order valence-corrected chi connectivity index (χ3v) is 7.12. The maximum Gasteiger partial charge on any atom is 0.309 e. The molecule has 10 heteroatoms. The van der Waals surface area contributed by atoms with Gasteiger partial charge in [-0.1, -0.05) is 23.2 Å². The van der Waals surface area contributed by atoms with E-state index in [1.165, 1.54) is 0 Å². The second kappa shape index (κ2) is 9.48. The molecule has 2 aliphatic heterocycles. The van der Waals surface area contributed by atoms with Crippen molar-refractivity contribution in [3.8, 4) is 5.88 Å². The zero-order chi connectivity index (χ0) is 22.8. The third-order valence-electron chi connectivity index (χ3n) is 5.47. The van der Waals surface area contributed by atoms with Gasteiger partial charge in [-0.3, -0.25) is 4.79 Å². The molecule has 2 aliphatic rings. The normalized spacial score (nSPS) is 22.6. The lowest BCUT2D eigenvalue weighted by Gasteiger charge is -2.14. The van der Waals surface area contributed by atoms with E-state index in [2.05, 4.69) is 17.0 Å². The number of halogens is 1. The lowest BCUT2D eigenvalue weighted by Crippen LogP contribution is -2.24. The van der Waals surface area contributed by atoms with Crippen LogP contribution in [0.5, 0.6) is 5.88 Å². The van der Waals surface area contributed by atoms with Crippen molar-refractivity contribution in [2.75, 3.05) is 19.7 Å². The predicted octanol–water partition coefficient (Wildman–Crippen LogP) is 3.33. The molecule has 2 unspecified atom stereocenters. The van der Waals surface area contributed by atoms with Crippen molar-refractivity contribution in [1.82, 2.24) is 9.29 Å². The van der Waals surface area contributed by atoms with Gasteiger partial charge in [0.25, 0.3) is 0 Å². The van der Waals surface area contributed by atoms with Crippen molar-refractivity contribution in [1.29, 1.82) is 0 Å². The van der Waals surface area contributed by atoms with Gasteiger partial charge in [0, 0.05) is 41.5 Å². The molecule has 8 nitrogen and oxygen atoms in total. The van der Waals surface area contributed by atoms with Crippen molar-refractivity contribution >= 4 is 46.2 Å². The monoisotopic (exact) mass is 475 g/mol. The highest BCUT2D eigenvalue weighted by molar-refractivity contribution is 7.82. The Bertz CT molecular complexity index is 1120. The van der Waals surface area contributed by atoms with Gasteiger partial charge in [-0.15, -0.1) is 0 Å².